The molecule has 4 rings (SSSR count). The van der Waals surface area contributed by atoms with Crippen LogP contribution in [0.5, 0.6) is 0 Å². The number of hydrogen-bond acceptors (Lipinski definition) is 3. The fourth-order valence-corrected chi connectivity index (χ4v) is 4.55. The number of benzene rings is 1. The lowest BCUT2D eigenvalue weighted by Gasteiger charge is -2.50. The van der Waals surface area contributed by atoms with Crippen molar-refractivity contribution < 1.29 is 9.18 Å². The largest absolute Gasteiger partial charge is 0.348 e. The van der Waals surface area contributed by atoms with E-state index in [9.17, 15) is 9.18 Å². The molecule has 1 fully saturated rings. The lowest BCUT2D eigenvalue weighted by molar-refractivity contribution is 0.0102. The van der Waals surface area contributed by atoms with Crippen molar-refractivity contribution in [3.63, 3.8) is 0 Å². The van der Waals surface area contributed by atoms with Gasteiger partial charge in [-0.25, -0.2) is 9.37 Å². The molecule has 2 aromatic rings. The predicted molar refractivity (Wildman–Crippen MR) is 97.8 cm³/mol. The Morgan fingerprint density at radius 3 is 2.81 bits per heavy atom. The zero-order valence-corrected chi connectivity index (χ0v) is 15.5. The van der Waals surface area contributed by atoms with Gasteiger partial charge in [-0.2, -0.15) is 0 Å². The van der Waals surface area contributed by atoms with Crippen molar-refractivity contribution in [2.75, 3.05) is 26.2 Å². The van der Waals surface area contributed by atoms with Crippen LogP contribution in [0.3, 0.4) is 0 Å². The van der Waals surface area contributed by atoms with E-state index in [-0.39, 0.29) is 16.5 Å². The summed E-state index contributed by atoms with van der Waals surface area (Å²) in [6, 6.07) is 4.24. The van der Waals surface area contributed by atoms with Gasteiger partial charge in [0.1, 0.15) is 5.82 Å². The average Bonchev–Trinajstić information content (AvgIpc) is 3.14. The molecule has 1 aromatic heterocycles. The van der Waals surface area contributed by atoms with E-state index >= 15 is 0 Å². The smallest absolute Gasteiger partial charge is 0.253 e. The zero-order chi connectivity index (χ0) is 18.3. The Hall–Kier alpha value is -1.92. The number of fused-ring (bicyclic) bond motifs is 2. The first-order valence-electron chi connectivity index (χ1n) is 9.07. The van der Waals surface area contributed by atoms with Crippen molar-refractivity contribution >= 4 is 17.5 Å². The molecular weight excluding hydrogens is 355 g/mol. The molecule has 0 unspecified atom stereocenters. The fraction of sp³-hybridized carbons (Fsp3) is 0.474. The Labute approximate surface area is 157 Å². The first-order chi connectivity index (χ1) is 12.5. The van der Waals surface area contributed by atoms with Crippen molar-refractivity contribution in [1.29, 1.82) is 0 Å². The summed E-state index contributed by atoms with van der Waals surface area (Å²) >= 11 is 5.72. The van der Waals surface area contributed by atoms with E-state index in [1.807, 2.05) is 4.90 Å². The Balaban J connectivity index is 1.55. The van der Waals surface area contributed by atoms with Gasteiger partial charge in [0, 0.05) is 37.3 Å². The van der Waals surface area contributed by atoms with Crippen LogP contribution < -0.4 is 0 Å². The number of aromatic amines is 1. The van der Waals surface area contributed by atoms with Crippen LogP contribution in [0.15, 0.2) is 24.5 Å². The topological polar surface area (TPSA) is 52.2 Å². The van der Waals surface area contributed by atoms with Crippen LogP contribution >= 0.6 is 11.6 Å². The second kappa shape index (κ2) is 6.67. The van der Waals surface area contributed by atoms with Crippen molar-refractivity contribution in [1.82, 2.24) is 19.8 Å². The lowest BCUT2D eigenvalue weighted by atomic mass is 9.78. The van der Waals surface area contributed by atoms with E-state index in [4.69, 9.17) is 11.6 Å². The number of rotatable bonds is 2. The minimum atomic E-state index is -0.559. The molecular formula is C19H22ClFN4O. The maximum Gasteiger partial charge on any atom is 0.253 e. The van der Waals surface area contributed by atoms with E-state index in [1.54, 1.807) is 12.4 Å². The van der Waals surface area contributed by atoms with Gasteiger partial charge in [0.25, 0.3) is 5.91 Å². The second-order valence-electron chi connectivity index (χ2n) is 7.01. The molecule has 1 saturated heterocycles. The molecule has 1 aromatic carbocycles. The highest BCUT2D eigenvalue weighted by Gasteiger charge is 2.46. The summed E-state index contributed by atoms with van der Waals surface area (Å²) in [5.74, 6) is -0.701. The number of amides is 1. The SMILES string of the molecule is CCN1CCc2[nH]cnc2C12CCN(C(=O)c1ccc(Cl)c(F)c1)CC2. The molecule has 0 saturated carbocycles. The highest BCUT2D eigenvalue weighted by atomic mass is 35.5. The molecule has 2 aliphatic heterocycles. The van der Waals surface area contributed by atoms with E-state index in [1.165, 1.54) is 17.8 Å². The third kappa shape index (κ3) is 2.72. The molecule has 0 aliphatic carbocycles. The van der Waals surface area contributed by atoms with E-state index < -0.39 is 5.82 Å². The second-order valence-corrected chi connectivity index (χ2v) is 7.42. The van der Waals surface area contributed by atoms with Gasteiger partial charge in [0.2, 0.25) is 0 Å². The zero-order valence-electron chi connectivity index (χ0n) is 14.8. The Morgan fingerprint density at radius 1 is 1.35 bits per heavy atom. The van der Waals surface area contributed by atoms with Crippen LogP contribution in [0.4, 0.5) is 4.39 Å². The number of piperidine rings is 1. The van der Waals surface area contributed by atoms with Crippen molar-refractivity contribution in [3.05, 3.63) is 52.3 Å². The van der Waals surface area contributed by atoms with Crippen LogP contribution in [-0.2, 0) is 12.0 Å². The van der Waals surface area contributed by atoms with Gasteiger partial charge < -0.3 is 9.88 Å². The van der Waals surface area contributed by atoms with Gasteiger partial charge in [-0.05, 0) is 37.6 Å². The molecule has 0 radical (unpaired) electrons. The Kier molecular flexibility index (Phi) is 4.49. The molecule has 2 aliphatic rings. The fourth-order valence-electron chi connectivity index (χ4n) is 4.43. The molecule has 1 N–H and O–H groups in total. The quantitative estimate of drug-likeness (QED) is 0.875. The minimum absolute atomic E-state index is 0.0333. The number of imidazole rings is 1. The van der Waals surface area contributed by atoms with Crippen LogP contribution in [-0.4, -0.2) is 51.9 Å². The molecule has 3 heterocycles. The van der Waals surface area contributed by atoms with Crippen molar-refractivity contribution in [2.45, 2.75) is 31.7 Å². The number of likely N-dealkylation sites (N-methyl/N-ethyl adjacent to an activating group) is 1. The first kappa shape index (κ1) is 17.5. The summed E-state index contributed by atoms with van der Waals surface area (Å²) in [7, 11) is 0. The van der Waals surface area contributed by atoms with Crippen LogP contribution in [0, 0.1) is 5.82 Å². The van der Waals surface area contributed by atoms with Crippen LogP contribution in [0.1, 0.15) is 41.5 Å². The number of carbonyl (C=O) groups is 1. The van der Waals surface area contributed by atoms with E-state index in [2.05, 4.69) is 21.8 Å². The number of nitrogens with zero attached hydrogens (tertiary/aromatic N) is 3. The monoisotopic (exact) mass is 376 g/mol. The maximum atomic E-state index is 13.7. The molecule has 7 heteroatoms. The van der Waals surface area contributed by atoms with Gasteiger partial charge in [0.05, 0.1) is 22.6 Å². The first-order valence-corrected chi connectivity index (χ1v) is 9.45. The maximum absolute atomic E-state index is 13.7. The summed E-state index contributed by atoms with van der Waals surface area (Å²) in [6.07, 6.45) is 4.43. The van der Waals surface area contributed by atoms with Crippen LogP contribution in [0.2, 0.25) is 5.02 Å². The van der Waals surface area contributed by atoms with E-state index in [0.29, 0.717) is 18.7 Å². The van der Waals surface area contributed by atoms with Crippen molar-refractivity contribution in [2.24, 2.45) is 0 Å². The summed E-state index contributed by atoms with van der Waals surface area (Å²) in [4.78, 5) is 24.9. The van der Waals surface area contributed by atoms with Gasteiger partial charge in [-0.1, -0.05) is 18.5 Å². The average molecular weight is 377 g/mol. The normalized spacial score (nSPS) is 19.6. The molecule has 26 heavy (non-hydrogen) atoms. The molecule has 1 amide bonds. The Bertz CT molecular complexity index is 829. The Morgan fingerprint density at radius 2 is 2.12 bits per heavy atom. The highest BCUT2D eigenvalue weighted by Crippen LogP contribution is 2.42. The van der Waals surface area contributed by atoms with E-state index in [0.717, 1.165) is 38.0 Å². The summed E-state index contributed by atoms with van der Waals surface area (Å²) in [6.45, 7) is 5.40. The number of aromatic nitrogens is 2. The number of likely N-dealkylation sites (tertiary alicyclic amines) is 1. The summed E-state index contributed by atoms with van der Waals surface area (Å²) in [5, 5.41) is 0.0333. The number of H-pyrrole nitrogens is 1. The summed E-state index contributed by atoms with van der Waals surface area (Å²) < 4.78 is 13.7. The number of halogens is 2. The van der Waals surface area contributed by atoms with Gasteiger partial charge in [0.15, 0.2) is 0 Å². The minimum Gasteiger partial charge on any atom is -0.348 e. The number of hydrogen-bond donors (Lipinski definition) is 1. The predicted octanol–water partition coefficient (Wildman–Crippen LogP) is 3.21. The molecule has 1 spiro atoms. The lowest BCUT2D eigenvalue weighted by Crippen LogP contribution is -2.57. The number of nitrogens with one attached hydrogen (secondary N) is 1. The van der Waals surface area contributed by atoms with Crippen LogP contribution in [0.25, 0.3) is 0 Å². The standard InChI is InChI=1S/C19H22ClFN4O/c1-2-25-8-5-16-17(23-12-22-16)19(25)6-9-24(10-7-19)18(26)13-3-4-14(20)15(21)11-13/h3-4,11-12H,2,5-10H2,1H3,(H,22,23). The highest BCUT2D eigenvalue weighted by molar-refractivity contribution is 6.30. The summed E-state index contributed by atoms with van der Waals surface area (Å²) in [5.41, 5.74) is 2.59. The molecule has 0 atom stereocenters. The van der Waals surface area contributed by atoms with Gasteiger partial charge in [-0.15, -0.1) is 0 Å². The number of carbonyl (C=O) groups excluding carboxylic acids is 1. The molecule has 5 nitrogen and oxygen atoms in total. The van der Waals surface area contributed by atoms with Gasteiger partial charge >= 0.3 is 0 Å². The third-order valence-corrected chi connectivity index (χ3v) is 6.13. The molecule has 138 valence electrons. The van der Waals surface area contributed by atoms with Gasteiger partial charge in [-0.3, -0.25) is 9.69 Å². The third-order valence-electron chi connectivity index (χ3n) is 5.82. The molecule has 0 bridgehead atoms. The van der Waals surface area contributed by atoms with Crippen molar-refractivity contribution in [3.8, 4) is 0 Å².